The van der Waals surface area contributed by atoms with E-state index in [0.717, 1.165) is 10.7 Å². The summed E-state index contributed by atoms with van der Waals surface area (Å²) in [6, 6.07) is 4.46. The predicted molar refractivity (Wildman–Crippen MR) is 78.4 cm³/mol. The van der Waals surface area contributed by atoms with Crippen LogP contribution in [0.5, 0.6) is 0 Å². The van der Waals surface area contributed by atoms with Crippen LogP contribution >= 0.6 is 11.3 Å². The van der Waals surface area contributed by atoms with Crippen LogP contribution < -0.4 is 5.73 Å². The van der Waals surface area contributed by atoms with Crippen LogP contribution in [0, 0.1) is 27.7 Å². The molecule has 0 fully saturated rings. The second-order valence-corrected chi connectivity index (χ2v) is 5.82. The van der Waals surface area contributed by atoms with Crippen molar-refractivity contribution in [2.75, 3.05) is 6.54 Å². The van der Waals surface area contributed by atoms with Crippen LogP contribution in [-0.4, -0.2) is 11.5 Å². The van der Waals surface area contributed by atoms with Gasteiger partial charge in [0.1, 0.15) is 5.01 Å². The second kappa shape index (κ2) is 5.21. The van der Waals surface area contributed by atoms with Crippen molar-refractivity contribution in [3.05, 3.63) is 50.5 Å². The number of rotatable bonds is 3. The largest absolute Gasteiger partial charge is 0.329 e. The molecule has 0 saturated heterocycles. The lowest BCUT2D eigenvalue weighted by molar-refractivity contribution is 0.792. The van der Waals surface area contributed by atoms with Crippen LogP contribution in [-0.2, 0) is 0 Å². The summed E-state index contributed by atoms with van der Waals surface area (Å²) in [6.07, 6.45) is 0. The van der Waals surface area contributed by atoms with E-state index in [-0.39, 0.29) is 5.92 Å². The topological polar surface area (TPSA) is 38.9 Å². The second-order valence-electron chi connectivity index (χ2n) is 4.93. The van der Waals surface area contributed by atoms with Gasteiger partial charge in [0, 0.05) is 23.5 Å². The lowest BCUT2D eigenvalue weighted by atomic mass is 9.89. The number of benzene rings is 1. The molecule has 2 rings (SSSR count). The zero-order chi connectivity index (χ0) is 13.3. The fraction of sp³-hybridized carbons (Fsp3) is 0.400. The molecule has 1 aromatic carbocycles. The highest BCUT2D eigenvalue weighted by Crippen LogP contribution is 2.31. The number of aromatic nitrogens is 1. The van der Waals surface area contributed by atoms with Crippen LogP contribution in [0.15, 0.2) is 17.5 Å². The summed E-state index contributed by atoms with van der Waals surface area (Å²) in [6.45, 7) is 9.10. The molecule has 0 bridgehead atoms. The molecular formula is C15H20N2S. The Morgan fingerprint density at radius 3 is 2.22 bits per heavy atom. The molecule has 2 nitrogen and oxygen atoms in total. The molecule has 0 aliphatic rings. The van der Waals surface area contributed by atoms with Crippen LogP contribution in [0.3, 0.4) is 0 Å². The molecule has 1 unspecified atom stereocenters. The maximum absolute atomic E-state index is 5.99. The minimum Gasteiger partial charge on any atom is -0.329 e. The van der Waals surface area contributed by atoms with Gasteiger partial charge in [-0.05, 0) is 44.4 Å². The van der Waals surface area contributed by atoms with E-state index in [1.807, 2.05) is 6.92 Å². The van der Waals surface area contributed by atoms with E-state index < -0.39 is 0 Å². The molecule has 2 aromatic rings. The van der Waals surface area contributed by atoms with Crippen molar-refractivity contribution in [2.45, 2.75) is 33.6 Å². The first-order valence-corrected chi connectivity index (χ1v) is 7.10. The van der Waals surface area contributed by atoms with E-state index in [2.05, 4.69) is 43.3 Å². The first-order chi connectivity index (χ1) is 8.52. The van der Waals surface area contributed by atoms with Gasteiger partial charge < -0.3 is 5.73 Å². The Balaban J connectivity index is 2.51. The predicted octanol–water partition coefficient (Wildman–Crippen LogP) is 3.47. The highest BCUT2D eigenvalue weighted by Gasteiger charge is 2.19. The molecule has 96 valence electrons. The average molecular weight is 260 g/mol. The lowest BCUT2D eigenvalue weighted by Gasteiger charge is -2.19. The van der Waals surface area contributed by atoms with Gasteiger partial charge in [-0.25, -0.2) is 4.98 Å². The Morgan fingerprint density at radius 1 is 1.17 bits per heavy atom. The standard InChI is InChI=1S/C15H20N2S/c1-9-5-10(2)14(11(3)6-9)13(7-16)15-17-12(4)8-18-15/h5-6,8,13H,7,16H2,1-4H3. The van der Waals surface area contributed by atoms with Gasteiger partial charge in [0.15, 0.2) is 0 Å². The zero-order valence-electron chi connectivity index (χ0n) is 11.4. The third-order valence-electron chi connectivity index (χ3n) is 3.26. The first-order valence-electron chi connectivity index (χ1n) is 6.22. The number of nitrogens with two attached hydrogens (primary N) is 1. The molecule has 0 radical (unpaired) electrons. The summed E-state index contributed by atoms with van der Waals surface area (Å²) in [7, 11) is 0. The summed E-state index contributed by atoms with van der Waals surface area (Å²) >= 11 is 1.71. The summed E-state index contributed by atoms with van der Waals surface area (Å²) in [5, 5.41) is 3.22. The van der Waals surface area contributed by atoms with Crippen molar-refractivity contribution in [3.63, 3.8) is 0 Å². The third kappa shape index (κ3) is 2.47. The van der Waals surface area contributed by atoms with Gasteiger partial charge in [0.05, 0.1) is 0 Å². The summed E-state index contributed by atoms with van der Waals surface area (Å²) in [5.74, 6) is 0.226. The summed E-state index contributed by atoms with van der Waals surface area (Å²) in [4.78, 5) is 4.60. The van der Waals surface area contributed by atoms with Gasteiger partial charge in [-0.3, -0.25) is 0 Å². The smallest absolute Gasteiger partial charge is 0.102 e. The monoisotopic (exact) mass is 260 g/mol. The van der Waals surface area contributed by atoms with Crippen LogP contribution in [0.1, 0.15) is 38.9 Å². The van der Waals surface area contributed by atoms with E-state index in [4.69, 9.17) is 5.73 Å². The van der Waals surface area contributed by atoms with E-state index in [9.17, 15) is 0 Å². The molecular weight excluding hydrogens is 240 g/mol. The number of hydrogen-bond donors (Lipinski definition) is 1. The van der Waals surface area contributed by atoms with E-state index >= 15 is 0 Å². The SMILES string of the molecule is Cc1cc(C)c(C(CN)c2nc(C)cs2)c(C)c1. The Kier molecular flexibility index (Phi) is 3.83. The molecule has 1 atom stereocenters. The summed E-state index contributed by atoms with van der Waals surface area (Å²) in [5.41, 5.74) is 12.3. The minimum atomic E-state index is 0.226. The van der Waals surface area contributed by atoms with E-state index in [1.165, 1.54) is 22.3 Å². The van der Waals surface area contributed by atoms with Crippen molar-refractivity contribution in [1.29, 1.82) is 0 Å². The van der Waals surface area contributed by atoms with Crippen molar-refractivity contribution in [3.8, 4) is 0 Å². The van der Waals surface area contributed by atoms with Gasteiger partial charge in [-0.2, -0.15) is 0 Å². The van der Waals surface area contributed by atoms with Crippen LogP contribution in [0.4, 0.5) is 0 Å². The van der Waals surface area contributed by atoms with Crippen LogP contribution in [0.25, 0.3) is 0 Å². The lowest BCUT2D eigenvalue weighted by Crippen LogP contribution is -2.16. The maximum atomic E-state index is 5.99. The maximum Gasteiger partial charge on any atom is 0.102 e. The van der Waals surface area contributed by atoms with Crippen LogP contribution in [0.2, 0.25) is 0 Å². The van der Waals surface area contributed by atoms with E-state index in [1.54, 1.807) is 11.3 Å². The molecule has 18 heavy (non-hydrogen) atoms. The molecule has 0 aliphatic carbocycles. The van der Waals surface area contributed by atoms with Gasteiger partial charge in [0.25, 0.3) is 0 Å². The van der Waals surface area contributed by atoms with Gasteiger partial charge in [-0.15, -0.1) is 11.3 Å². The van der Waals surface area contributed by atoms with Gasteiger partial charge in [0.2, 0.25) is 0 Å². The Hall–Kier alpha value is -1.19. The molecule has 0 aliphatic heterocycles. The number of aryl methyl sites for hydroxylation is 4. The van der Waals surface area contributed by atoms with Crippen molar-refractivity contribution in [2.24, 2.45) is 5.73 Å². The number of hydrogen-bond acceptors (Lipinski definition) is 3. The van der Waals surface area contributed by atoms with E-state index in [0.29, 0.717) is 6.54 Å². The van der Waals surface area contributed by atoms with Crippen molar-refractivity contribution >= 4 is 11.3 Å². The highest BCUT2D eigenvalue weighted by molar-refractivity contribution is 7.09. The van der Waals surface area contributed by atoms with Crippen molar-refractivity contribution < 1.29 is 0 Å². The average Bonchev–Trinajstić information content (AvgIpc) is 2.69. The number of nitrogens with zero attached hydrogens (tertiary/aromatic N) is 1. The fourth-order valence-corrected chi connectivity index (χ4v) is 3.53. The quantitative estimate of drug-likeness (QED) is 0.917. The first kappa shape index (κ1) is 13.2. The molecule has 3 heteroatoms. The molecule has 0 amide bonds. The van der Waals surface area contributed by atoms with Gasteiger partial charge in [-0.1, -0.05) is 17.7 Å². The van der Waals surface area contributed by atoms with Crippen molar-refractivity contribution in [1.82, 2.24) is 4.98 Å². The molecule has 1 aromatic heterocycles. The molecule has 0 spiro atoms. The molecule has 2 N–H and O–H groups in total. The fourth-order valence-electron chi connectivity index (χ4n) is 2.62. The minimum absolute atomic E-state index is 0.226. The highest BCUT2D eigenvalue weighted by atomic mass is 32.1. The Bertz CT molecular complexity index is 534. The van der Waals surface area contributed by atoms with Gasteiger partial charge >= 0.3 is 0 Å². The Morgan fingerprint density at radius 2 is 1.78 bits per heavy atom. The third-order valence-corrected chi connectivity index (χ3v) is 4.33. The molecule has 0 saturated carbocycles. The summed E-state index contributed by atoms with van der Waals surface area (Å²) < 4.78 is 0. The zero-order valence-corrected chi connectivity index (χ0v) is 12.3. The Labute approximate surface area is 113 Å². The number of thiazole rings is 1. The normalized spacial score (nSPS) is 12.7. The molecule has 1 heterocycles.